The average Bonchev–Trinajstić information content (AvgIpc) is 2.89. The summed E-state index contributed by atoms with van der Waals surface area (Å²) in [4.78, 5) is 11.3. The molecule has 0 unspecified atom stereocenters. The van der Waals surface area contributed by atoms with Gasteiger partial charge in [0.15, 0.2) is 15.5 Å². The molecule has 1 heterocycles. The monoisotopic (exact) mass is 350 g/mol. The number of aromatic carboxylic acids is 1. The molecule has 0 aliphatic heterocycles. The third-order valence-electron chi connectivity index (χ3n) is 3.45. The minimum atomic E-state index is -3.35. The summed E-state index contributed by atoms with van der Waals surface area (Å²) in [5.41, 5.74) is 1.80. The highest BCUT2D eigenvalue weighted by Gasteiger charge is 2.15. The maximum atomic E-state index is 11.6. The van der Waals surface area contributed by atoms with Gasteiger partial charge in [0.25, 0.3) is 0 Å². The lowest BCUT2D eigenvalue weighted by atomic mass is 10.0. The second-order valence-corrected chi connectivity index (χ2v) is 7.47. The van der Waals surface area contributed by atoms with Crippen LogP contribution in [0.3, 0.4) is 0 Å². The van der Waals surface area contributed by atoms with E-state index >= 15 is 0 Å². The fourth-order valence-corrected chi connectivity index (χ4v) is 3.31. The molecule has 0 radical (unpaired) electrons. The van der Waals surface area contributed by atoms with E-state index in [-0.39, 0.29) is 15.6 Å². The van der Waals surface area contributed by atoms with E-state index in [1.807, 2.05) is 0 Å². The number of nitrogens with one attached hydrogen (secondary N) is 1. The SMILES string of the molecule is CS(=O)(=O)c1ccc(-c2ccc3[nH]nc(C(=O)O)c3c2)c(Cl)c1. The van der Waals surface area contributed by atoms with E-state index in [0.717, 1.165) is 6.26 Å². The summed E-state index contributed by atoms with van der Waals surface area (Å²) >= 11 is 6.19. The average molecular weight is 351 g/mol. The predicted octanol–water partition coefficient (Wildman–Crippen LogP) is 2.99. The minimum Gasteiger partial charge on any atom is -0.476 e. The zero-order valence-electron chi connectivity index (χ0n) is 11.9. The summed E-state index contributed by atoms with van der Waals surface area (Å²) in [7, 11) is -3.35. The lowest BCUT2D eigenvalue weighted by molar-refractivity contribution is 0.0692. The molecular weight excluding hydrogens is 340 g/mol. The van der Waals surface area contributed by atoms with Gasteiger partial charge in [-0.3, -0.25) is 5.10 Å². The van der Waals surface area contributed by atoms with Crippen LogP contribution in [-0.2, 0) is 9.84 Å². The number of fused-ring (bicyclic) bond motifs is 1. The zero-order chi connectivity index (χ0) is 16.8. The smallest absolute Gasteiger partial charge is 0.357 e. The molecule has 0 atom stereocenters. The van der Waals surface area contributed by atoms with Crippen molar-refractivity contribution in [3.63, 3.8) is 0 Å². The highest BCUT2D eigenvalue weighted by molar-refractivity contribution is 7.90. The van der Waals surface area contributed by atoms with Crippen LogP contribution in [-0.4, -0.2) is 35.9 Å². The molecule has 0 aliphatic rings. The number of carboxylic acid groups (broad SMARTS) is 1. The molecule has 0 saturated heterocycles. The molecule has 118 valence electrons. The molecule has 0 spiro atoms. The lowest BCUT2D eigenvalue weighted by Crippen LogP contribution is -1.97. The van der Waals surface area contributed by atoms with Crippen LogP contribution in [0.2, 0.25) is 5.02 Å². The topological polar surface area (TPSA) is 100 Å². The number of rotatable bonds is 3. The summed E-state index contributed by atoms with van der Waals surface area (Å²) < 4.78 is 23.1. The second-order valence-electron chi connectivity index (χ2n) is 5.05. The normalized spacial score (nSPS) is 11.7. The number of carbonyl (C=O) groups is 1. The van der Waals surface area contributed by atoms with Gasteiger partial charge in [-0.2, -0.15) is 5.10 Å². The molecule has 0 fully saturated rings. The molecule has 8 heteroatoms. The van der Waals surface area contributed by atoms with E-state index in [1.54, 1.807) is 24.3 Å². The Morgan fingerprint density at radius 2 is 1.96 bits per heavy atom. The van der Waals surface area contributed by atoms with Crippen LogP contribution in [0, 0.1) is 0 Å². The van der Waals surface area contributed by atoms with Gasteiger partial charge in [0.1, 0.15) is 0 Å². The van der Waals surface area contributed by atoms with Gasteiger partial charge >= 0.3 is 5.97 Å². The van der Waals surface area contributed by atoms with E-state index in [9.17, 15) is 13.2 Å². The molecule has 3 rings (SSSR count). The number of hydrogen-bond acceptors (Lipinski definition) is 4. The van der Waals surface area contributed by atoms with E-state index in [1.165, 1.54) is 12.1 Å². The maximum Gasteiger partial charge on any atom is 0.357 e. The summed E-state index contributed by atoms with van der Waals surface area (Å²) in [5.74, 6) is -1.13. The van der Waals surface area contributed by atoms with Crippen LogP contribution in [0.1, 0.15) is 10.5 Å². The molecule has 0 bridgehead atoms. The van der Waals surface area contributed by atoms with Gasteiger partial charge in [0.2, 0.25) is 0 Å². The van der Waals surface area contributed by atoms with Crippen molar-refractivity contribution in [1.82, 2.24) is 10.2 Å². The van der Waals surface area contributed by atoms with E-state index in [2.05, 4.69) is 10.2 Å². The van der Waals surface area contributed by atoms with Crippen LogP contribution >= 0.6 is 11.6 Å². The standard InChI is InChI=1S/C15H11ClN2O4S/c1-23(21,22)9-3-4-10(12(16)7-9)8-2-5-13-11(6-8)14(15(19)20)18-17-13/h2-7H,1H3,(H,17,18)(H,19,20). The summed E-state index contributed by atoms with van der Waals surface area (Å²) in [6.07, 6.45) is 1.11. The number of aromatic nitrogens is 2. The molecule has 0 amide bonds. The van der Waals surface area contributed by atoms with Gasteiger partial charge in [-0.1, -0.05) is 23.7 Å². The molecule has 2 aromatic carbocycles. The van der Waals surface area contributed by atoms with Crippen molar-refractivity contribution in [3.05, 3.63) is 47.1 Å². The van der Waals surface area contributed by atoms with Crippen LogP contribution < -0.4 is 0 Å². The van der Waals surface area contributed by atoms with Crippen molar-refractivity contribution < 1.29 is 18.3 Å². The first kappa shape index (κ1) is 15.5. The second kappa shape index (κ2) is 5.36. The lowest BCUT2D eigenvalue weighted by Gasteiger charge is -2.07. The first-order valence-corrected chi connectivity index (χ1v) is 8.76. The Morgan fingerprint density at radius 3 is 2.57 bits per heavy atom. The molecular formula is C15H11ClN2O4S. The third-order valence-corrected chi connectivity index (χ3v) is 4.87. The summed E-state index contributed by atoms with van der Waals surface area (Å²) in [6.45, 7) is 0. The maximum absolute atomic E-state index is 11.6. The Morgan fingerprint density at radius 1 is 1.22 bits per heavy atom. The Balaban J connectivity index is 2.17. The van der Waals surface area contributed by atoms with Crippen molar-refractivity contribution in [1.29, 1.82) is 0 Å². The summed E-state index contributed by atoms with van der Waals surface area (Å²) in [6, 6.07) is 9.56. The van der Waals surface area contributed by atoms with Crippen molar-refractivity contribution in [3.8, 4) is 11.1 Å². The van der Waals surface area contributed by atoms with Gasteiger partial charge < -0.3 is 5.11 Å². The number of halogens is 1. The predicted molar refractivity (Wildman–Crippen MR) is 86.6 cm³/mol. The van der Waals surface area contributed by atoms with Gasteiger partial charge in [0.05, 0.1) is 10.4 Å². The van der Waals surface area contributed by atoms with Crippen molar-refractivity contribution in [2.75, 3.05) is 6.26 Å². The Kier molecular flexibility index (Phi) is 3.62. The first-order chi connectivity index (χ1) is 10.8. The Hall–Kier alpha value is -2.38. The van der Waals surface area contributed by atoms with Gasteiger partial charge in [-0.05, 0) is 29.8 Å². The Bertz CT molecular complexity index is 1040. The molecule has 23 heavy (non-hydrogen) atoms. The fraction of sp³-hybridized carbons (Fsp3) is 0.0667. The van der Waals surface area contributed by atoms with Gasteiger partial charge in [0, 0.05) is 22.2 Å². The molecule has 1 aromatic heterocycles. The van der Waals surface area contributed by atoms with Crippen molar-refractivity contribution in [2.45, 2.75) is 4.90 Å². The van der Waals surface area contributed by atoms with Crippen LogP contribution in [0.15, 0.2) is 41.3 Å². The number of carboxylic acids is 1. The molecule has 6 nitrogen and oxygen atoms in total. The highest BCUT2D eigenvalue weighted by Crippen LogP contribution is 2.32. The number of benzene rings is 2. The molecule has 3 aromatic rings. The number of hydrogen-bond donors (Lipinski definition) is 2. The van der Waals surface area contributed by atoms with E-state index in [0.29, 0.717) is 22.0 Å². The van der Waals surface area contributed by atoms with E-state index < -0.39 is 15.8 Å². The number of nitrogens with zero attached hydrogens (tertiary/aromatic N) is 1. The quantitative estimate of drug-likeness (QED) is 0.756. The van der Waals surface area contributed by atoms with Crippen LogP contribution in [0.4, 0.5) is 0 Å². The largest absolute Gasteiger partial charge is 0.476 e. The van der Waals surface area contributed by atoms with Crippen molar-refractivity contribution in [2.24, 2.45) is 0 Å². The van der Waals surface area contributed by atoms with Crippen LogP contribution in [0.5, 0.6) is 0 Å². The number of aromatic amines is 1. The minimum absolute atomic E-state index is 0.0780. The highest BCUT2D eigenvalue weighted by atomic mass is 35.5. The Labute approximate surface area is 136 Å². The number of H-pyrrole nitrogens is 1. The van der Waals surface area contributed by atoms with Crippen LogP contribution in [0.25, 0.3) is 22.0 Å². The molecule has 2 N–H and O–H groups in total. The van der Waals surface area contributed by atoms with Gasteiger partial charge in [-0.15, -0.1) is 0 Å². The van der Waals surface area contributed by atoms with Gasteiger partial charge in [-0.25, -0.2) is 13.2 Å². The summed E-state index contributed by atoms with van der Waals surface area (Å²) in [5, 5.41) is 16.3. The molecule has 0 aliphatic carbocycles. The fourth-order valence-electron chi connectivity index (χ4n) is 2.31. The molecule has 0 saturated carbocycles. The zero-order valence-corrected chi connectivity index (χ0v) is 13.4. The third kappa shape index (κ3) is 2.80. The first-order valence-electron chi connectivity index (χ1n) is 6.49. The van der Waals surface area contributed by atoms with Crippen molar-refractivity contribution >= 4 is 38.3 Å². The number of sulfone groups is 1. The van der Waals surface area contributed by atoms with E-state index in [4.69, 9.17) is 16.7 Å².